The van der Waals surface area contributed by atoms with E-state index in [0.717, 1.165) is 68.3 Å². The zero-order valence-corrected chi connectivity index (χ0v) is 22.9. The van der Waals surface area contributed by atoms with E-state index < -0.39 is 0 Å². The number of aliphatic imine (C=N–C) groups is 1. The second-order valence-electron chi connectivity index (χ2n) is 9.07. The van der Waals surface area contributed by atoms with Gasteiger partial charge in [0.1, 0.15) is 0 Å². The number of amides is 1. The molecule has 1 heterocycles. The smallest absolute Gasteiger partial charge is 0.225 e. The van der Waals surface area contributed by atoms with Crippen molar-refractivity contribution in [1.29, 1.82) is 0 Å². The number of likely N-dealkylation sites (tertiary alicyclic amines) is 1. The molecule has 2 aliphatic rings. The first-order valence-electron chi connectivity index (χ1n) is 12.2. The topological polar surface area (TPSA) is 75.2 Å². The van der Waals surface area contributed by atoms with Crippen molar-refractivity contribution in [3.05, 3.63) is 23.8 Å². The van der Waals surface area contributed by atoms with Crippen molar-refractivity contribution in [2.45, 2.75) is 78.0 Å². The summed E-state index contributed by atoms with van der Waals surface area (Å²) in [5.41, 5.74) is 1.03. The highest BCUT2D eigenvalue weighted by molar-refractivity contribution is 14.0. The maximum Gasteiger partial charge on any atom is 0.225 e. The first-order chi connectivity index (χ1) is 15.5. The van der Waals surface area contributed by atoms with Gasteiger partial charge in [-0.1, -0.05) is 26.0 Å². The van der Waals surface area contributed by atoms with E-state index in [4.69, 9.17) is 14.5 Å². The van der Waals surface area contributed by atoms with Gasteiger partial charge < -0.3 is 25.0 Å². The molecule has 1 amide bonds. The van der Waals surface area contributed by atoms with E-state index in [0.29, 0.717) is 12.6 Å². The summed E-state index contributed by atoms with van der Waals surface area (Å²) >= 11 is 0. The average molecular weight is 573 g/mol. The Bertz CT molecular complexity index is 773. The molecule has 0 radical (unpaired) electrons. The number of nitrogens with zero attached hydrogens (tertiary/aromatic N) is 2. The zero-order valence-electron chi connectivity index (χ0n) is 20.6. The second kappa shape index (κ2) is 13.9. The van der Waals surface area contributed by atoms with E-state index in [2.05, 4.69) is 23.6 Å². The quantitative estimate of drug-likeness (QED) is 0.276. The largest absolute Gasteiger partial charge is 0.493 e. The molecule has 0 aromatic heterocycles. The molecule has 8 heteroatoms. The standard InChI is InChI=1S/C25H40N4O3.HI/c1-5-26-25(28-20-13-15-29(16-14-20)24(30)18(2)3)27-17-19-9-8-12-22(31-4)23(19)32-21-10-6-7-11-21;/h8-9,12,18,20-21H,5-7,10-11,13-17H2,1-4H3,(H2,26,27,28);1H. The van der Waals surface area contributed by atoms with Gasteiger partial charge >= 0.3 is 0 Å². The number of methoxy groups -OCH3 is 1. The predicted molar refractivity (Wildman–Crippen MR) is 144 cm³/mol. The molecule has 0 spiro atoms. The molecule has 3 rings (SSSR count). The first kappa shape index (κ1) is 27.5. The van der Waals surface area contributed by atoms with Crippen LogP contribution >= 0.6 is 24.0 Å². The van der Waals surface area contributed by atoms with Crippen molar-refractivity contribution in [3.63, 3.8) is 0 Å². The molecule has 1 aromatic rings. The molecule has 2 fully saturated rings. The molecule has 7 nitrogen and oxygen atoms in total. The third-order valence-electron chi connectivity index (χ3n) is 6.26. The highest BCUT2D eigenvalue weighted by Gasteiger charge is 2.25. The number of ether oxygens (including phenoxy) is 2. The Balaban J connectivity index is 0.00000385. The maximum absolute atomic E-state index is 12.2. The molecule has 1 aromatic carbocycles. The van der Waals surface area contributed by atoms with Crippen LogP contribution in [0.3, 0.4) is 0 Å². The molecule has 0 bridgehead atoms. The molecule has 1 saturated heterocycles. The van der Waals surface area contributed by atoms with Crippen LogP contribution in [0.25, 0.3) is 0 Å². The van der Waals surface area contributed by atoms with Crippen molar-refractivity contribution in [2.24, 2.45) is 10.9 Å². The molecule has 33 heavy (non-hydrogen) atoms. The predicted octanol–water partition coefficient (Wildman–Crippen LogP) is 4.34. The first-order valence-corrected chi connectivity index (χ1v) is 12.2. The summed E-state index contributed by atoms with van der Waals surface area (Å²) in [4.78, 5) is 19.1. The summed E-state index contributed by atoms with van der Waals surface area (Å²) in [7, 11) is 1.69. The number of rotatable bonds is 8. The summed E-state index contributed by atoms with van der Waals surface area (Å²) in [6, 6.07) is 6.32. The SMILES string of the molecule is CCNC(=NCc1cccc(OC)c1OC1CCCC1)NC1CCN(C(=O)C(C)C)CC1.I. The lowest BCUT2D eigenvalue weighted by molar-refractivity contribution is -0.135. The van der Waals surface area contributed by atoms with Gasteiger partial charge in [0.05, 0.1) is 19.8 Å². The van der Waals surface area contributed by atoms with Gasteiger partial charge in [0.2, 0.25) is 5.91 Å². The molecule has 1 aliphatic heterocycles. The van der Waals surface area contributed by atoms with Crippen LogP contribution in [0.15, 0.2) is 23.2 Å². The lowest BCUT2D eigenvalue weighted by atomic mass is 10.0. The summed E-state index contributed by atoms with van der Waals surface area (Å²) in [5.74, 6) is 2.70. The fourth-order valence-corrected chi connectivity index (χ4v) is 4.44. The third-order valence-corrected chi connectivity index (χ3v) is 6.26. The third kappa shape index (κ3) is 7.93. The summed E-state index contributed by atoms with van der Waals surface area (Å²) in [6.45, 7) is 8.89. The molecular weight excluding hydrogens is 531 g/mol. The van der Waals surface area contributed by atoms with Crippen molar-refractivity contribution in [1.82, 2.24) is 15.5 Å². The number of carbonyl (C=O) groups excluding carboxylic acids is 1. The number of hydrogen-bond acceptors (Lipinski definition) is 4. The molecule has 0 atom stereocenters. The Hall–Kier alpha value is -1.71. The Kier molecular flexibility index (Phi) is 11.6. The number of guanidine groups is 1. The van der Waals surface area contributed by atoms with Gasteiger partial charge in [-0.25, -0.2) is 4.99 Å². The lowest BCUT2D eigenvalue weighted by Gasteiger charge is -2.34. The monoisotopic (exact) mass is 572 g/mol. The molecular formula is C25H41IN4O3. The molecule has 1 saturated carbocycles. The number of halogens is 1. The van der Waals surface area contributed by atoms with Crippen LogP contribution in [-0.2, 0) is 11.3 Å². The summed E-state index contributed by atoms with van der Waals surface area (Å²) < 4.78 is 11.9. The number of nitrogens with one attached hydrogen (secondary N) is 2. The van der Waals surface area contributed by atoms with Crippen LogP contribution < -0.4 is 20.1 Å². The van der Waals surface area contributed by atoms with Crippen molar-refractivity contribution >= 4 is 35.8 Å². The Labute approximate surface area is 216 Å². The van der Waals surface area contributed by atoms with Crippen LogP contribution in [0.5, 0.6) is 11.5 Å². The Morgan fingerprint density at radius 1 is 1.18 bits per heavy atom. The number of carbonyl (C=O) groups is 1. The van der Waals surface area contributed by atoms with Crippen molar-refractivity contribution in [3.8, 4) is 11.5 Å². The van der Waals surface area contributed by atoms with E-state index in [1.807, 2.05) is 30.9 Å². The average Bonchev–Trinajstić information content (AvgIpc) is 3.31. The minimum absolute atomic E-state index is 0. The van der Waals surface area contributed by atoms with E-state index in [-0.39, 0.29) is 41.9 Å². The van der Waals surface area contributed by atoms with Gasteiger partial charge in [-0.15, -0.1) is 24.0 Å². The van der Waals surface area contributed by atoms with Gasteiger partial charge in [0, 0.05) is 37.2 Å². The van der Waals surface area contributed by atoms with Crippen LogP contribution in [0.4, 0.5) is 0 Å². The van der Waals surface area contributed by atoms with Crippen LogP contribution in [0.1, 0.15) is 64.9 Å². The number of hydrogen-bond donors (Lipinski definition) is 2. The molecule has 186 valence electrons. The van der Waals surface area contributed by atoms with Gasteiger partial charge in [0.15, 0.2) is 17.5 Å². The van der Waals surface area contributed by atoms with Gasteiger partial charge in [-0.3, -0.25) is 4.79 Å². The highest BCUT2D eigenvalue weighted by atomic mass is 127. The van der Waals surface area contributed by atoms with E-state index in [1.54, 1.807) is 7.11 Å². The lowest BCUT2D eigenvalue weighted by Crippen LogP contribution is -2.50. The molecule has 2 N–H and O–H groups in total. The fraction of sp³-hybridized carbons (Fsp3) is 0.680. The highest BCUT2D eigenvalue weighted by Crippen LogP contribution is 2.35. The Morgan fingerprint density at radius 2 is 1.88 bits per heavy atom. The minimum atomic E-state index is 0. The second-order valence-corrected chi connectivity index (χ2v) is 9.07. The summed E-state index contributed by atoms with van der Waals surface area (Å²) in [6.07, 6.45) is 6.77. The summed E-state index contributed by atoms with van der Waals surface area (Å²) in [5, 5.41) is 6.93. The van der Waals surface area contributed by atoms with Crippen LogP contribution in [0.2, 0.25) is 0 Å². The fourth-order valence-electron chi connectivity index (χ4n) is 4.44. The number of piperidine rings is 1. The van der Waals surface area contributed by atoms with E-state index in [1.165, 1.54) is 12.8 Å². The van der Waals surface area contributed by atoms with Crippen molar-refractivity contribution < 1.29 is 14.3 Å². The minimum Gasteiger partial charge on any atom is -0.493 e. The number of para-hydroxylation sites is 1. The Morgan fingerprint density at radius 3 is 2.48 bits per heavy atom. The van der Waals surface area contributed by atoms with Gasteiger partial charge in [-0.05, 0) is 51.5 Å². The number of benzene rings is 1. The normalized spacial score (nSPS) is 17.6. The zero-order chi connectivity index (χ0) is 22.9. The van der Waals surface area contributed by atoms with Crippen LogP contribution in [-0.4, -0.2) is 55.7 Å². The molecule has 0 unspecified atom stereocenters. The van der Waals surface area contributed by atoms with E-state index >= 15 is 0 Å². The van der Waals surface area contributed by atoms with E-state index in [9.17, 15) is 4.79 Å². The van der Waals surface area contributed by atoms with Gasteiger partial charge in [-0.2, -0.15) is 0 Å². The van der Waals surface area contributed by atoms with Crippen molar-refractivity contribution in [2.75, 3.05) is 26.7 Å². The van der Waals surface area contributed by atoms with Gasteiger partial charge in [0.25, 0.3) is 0 Å². The molecule has 1 aliphatic carbocycles. The van der Waals surface area contributed by atoms with Crippen LogP contribution in [0, 0.1) is 5.92 Å². The maximum atomic E-state index is 12.2.